The Hall–Kier alpha value is -0.160. The number of hydrogen-bond acceptors (Lipinski definition) is 4. The van der Waals surface area contributed by atoms with Crippen molar-refractivity contribution < 1.29 is 14.2 Å². The van der Waals surface area contributed by atoms with Crippen LogP contribution in [0, 0.1) is 0 Å². The van der Waals surface area contributed by atoms with Gasteiger partial charge in [-0.3, -0.25) is 0 Å². The minimum absolute atomic E-state index is 0.346. The summed E-state index contributed by atoms with van der Waals surface area (Å²) < 4.78 is 15.8. The monoisotopic (exact) mass is 217 g/mol. The largest absolute Gasteiger partial charge is 0.385 e. The van der Waals surface area contributed by atoms with Crippen molar-refractivity contribution in [1.82, 2.24) is 5.32 Å². The van der Waals surface area contributed by atoms with Gasteiger partial charge in [0.25, 0.3) is 0 Å². The van der Waals surface area contributed by atoms with Crippen molar-refractivity contribution in [3.8, 4) is 0 Å². The van der Waals surface area contributed by atoms with Gasteiger partial charge >= 0.3 is 0 Å². The highest BCUT2D eigenvalue weighted by Crippen LogP contribution is 2.11. The molecule has 2 atom stereocenters. The summed E-state index contributed by atoms with van der Waals surface area (Å²) in [5, 5.41) is 3.44. The first-order valence-electron chi connectivity index (χ1n) is 5.76. The predicted molar refractivity (Wildman–Crippen MR) is 59.1 cm³/mol. The van der Waals surface area contributed by atoms with E-state index in [1.165, 1.54) is 0 Å². The number of ether oxygens (including phenoxy) is 3. The van der Waals surface area contributed by atoms with Crippen LogP contribution in [-0.2, 0) is 14.2 Å². The number of rotatable bonds is 8. The van der Waals surface area contributed by atoms with E-state index < -0.39 is 0 Å². The van der Waals surface area contributed by atoms with Crippen LogP contribution in [-0.4, -0.2) is 52.2 Å². The molecule has 0 amide bonds. The zero-order valence-electron chi connectivity index (χ0n) is 9.83. The molecule has 1 aliphatic heterocycles. The van der Waals surface area contributed by atoms with Gasteiger partial charge in [0, 0.05) is 39.5 Å². The fraction of sp³-hybridized carbons (Fsp3) is 1.00. The third-order valence-corrected chi connectivity index (χ3v) is 2.67. The van der Waals surface area contributed by atoms with E-state index in [-0.39, 0.29) is 0 Å². The molecule has 0 aromatic heterocycles. The molecular formula is C11H23NO3. The average molecular weight is 217 g/mol. The lowest BCUT2D eigenvalue weighted by Crippen LogP contribution is -2.36. The second-order valence-corrected chi connectivity index (χ2v) is 3.88. The quantitative estimate of drug-likeness (QED) is 0.611. The molecule has 15 heavy (non-hydrogen) atoms. The van der Waals surface area contributed by atoms with Crippen molar-refractivity contribution >= 4 is 0 Å². The normalized spacial score (nSPS) is 26.0. The lowest BCUT2D eigenvalue weighted by Gasteiger charge is -2.15. The van der Waals surface area contributed by atoms with Crippen LogP contribution in [0.5, 0.6) is 0 Å². The van der Waals surface area contributed by atoms with Crippen molar-refractivity contribution in [3.63, 3.8) is 0 Å². The summed E-state index contributed by atoms with van der Waals surface area (Å²) in [7, 11) is 1.71. The van der Waals surface area contributed by atoms with E-state index in [9.17, 15) is 0 Å². The summed E-state index contributed by atoms with van der Waals surface area (Å²) in [6, 6.07) is 0.507. The molecule has 0 saturated carbocycles. The van der Waals surface area contributed by atoms with Gasteiger partial charge < -0.3 is 19.5 Å². The van der Waals surface area contributed by atoms with Gasteiger partial charge in [0.2, 0.25) is 0 Å². The molecule has 0 spiro atoms. The first kappa shape index (κ1) is 12.9. The topological polar surface area (TPSA) is 39.7 Å². The van der Waals surface area contributed by atoms with Crippen molar-refractivity contribution in [2.45, 2.75) is 31.9 Å². The van der Waals surface area contributed by atoms with Gasteiger partial charge in [0.05, 0.1) is 12.7 Å². The molecule has 0 radical (unpaired) electrons. The van der Waals surface area contributed by atoms with Crippen LogP contribution in [0.4, 0.5) is 0 Å². The van der Waals surface area contributed by atoms with Gasteiger partial charge in [0.1, 0.15) is 0 Å². The Balaban J connectivity index is 1.84. The number of hydrogen-bond donors (Lipinski definition) is 1. The standard InChI is InChI=1S/C11H23NO3/c1-10-11(4-8-15-10)12-5-9-14-7-3-6-13-2/h10-12H,3-9H2,1-2H3. The van der Waals surface area contributed by atoms with Crippen molar-refractivity contribution in [2.75, 3.05) is 40.1 Å². The maximum Gasteiger partial charge on any atom is 0.0700 e. The van der Waals surface area contributed by atoms with Gasteiger partial charge in [-0.15, -0.1) is 0 Å². The first-order chi connectivity index (χ1) is 7.34. The zero-order valence-corrected chi connectivity index (χ0v) is 9.83. The van der Waals surface area contributed by atoms with Crippen LogP contribution in [0.2, 0.25) is 0 Å². The predicted octanol–water partition coefficient (Wildman–Crippen LogP) is 0.806. The maximum atomic E-state index is 5.46. The van der Waals surface area contributed by atoms with E-state index in [1.807, 2.05) is 0 Å². The van der Waals surface area contributed by atoms with Crippen LogP contribution in [0.3, 0.4) is 0 Å². The van der Waals surface area contributed by atoms with Gasteiger partial charge in [-0.05, 0) is 19.8 Å². The molecule has 1 heterocycles. The lowest BCUT2D eigenvalue weighted by atomic mass is 10.1. The van der Waals surface area contributed by atoms with Gasteiger partial charge in [-0.2, -0.15) is 0 Å². The molecule has 1 saturated heterocycles. The van der Waals surface area contributed by atoms with Crippen LogP contribution >= 0.6 is 0 Å². The smallest absolute Gasteiger partial charge is 0.0700 e. The van der Waals surface area contributed by atoms with E-state index in [2.05, 4.69) is 12.2 Å². The zero-order chi connectivity index (χ0) is 10.9. The van der Waals surface area contributed by atoms with Crippen LogP contribution in [0.25, 0.3) is 0 Å². The summed E-state index contributed by atoms with van der Waals surface area (Å²) in [6.07, 6.45) is 2.43. The number of methoxy groups -OCH3 is 1. The molecule has 1 rings (SSSR count). The number of nitrogens with one attached hydrogen (secondary N) is 1. The minimum Gasteiger partial charge on any atom is -0.385 e. The molecule has 1 N–H and O–H groups in total. The summed E-state index contributed by atoms with van der Waals surface area (Å²) in [4.78, 5) is 0. The highest BCUT2D eigenvalue weighted by atomic mass is 16.5. The molecule has 0 aromatic rings. The summed E-state index contributed by atoms with van der Waals surface area (Å²) in [6.45, 7) is 6.24. The molecular weight excluding hydrogens is 194 g/mol. The third kappa shape index (κ3) is 5.47. The van der Waals surface area contributed by atoms with Gasteiger partial charge in [0.15, 0.2) is 0 Å². The van der Waals surface area contributed by atoms with E-state index >= 15 is 0 Å². The first-order valence-corrected chi connectivity index (χ1v) is 5.76. The Bertz CT molecular complexity index is 155. The molecule has 4 heteroatoms. The molecule has 0 bridgehead atoms. The second kappa shape index (κ2) is 8.05. The van der Waals surface area contributed by atoms with E-state index in [4.69, 9.17) is 14.2 Å². The molecule has 1 aliphatic rings. The molecule has 90 valence electrons. The Morgan fingerprint density at radius 3 is 2.87 bits per heavy atom. The van der Waals surface area contributed by atoms with Crippen LogP contribution in [0.15, 0.2) is 0 Å². The van der Waals surface area contributed by atoms with Gasteiger partial charge in [-0.25, -0.2) is 0 Å². The van der Waals surface area contributed by atoms with Crippen molar-refractivity contribution in [2.24, 2.45) is 0 Å². The van der Waals surface area contributed by atoms with Crippen LogP contribution in [0.1, 0.15) is 19.8 Å². The Morgan fingerprint density at radius 1 is 1.33 bits per heavy atom. The Labute approximate surface area is 92.3 Å². The molecule has 0 aromatic carbocycles. The summed E-state index contributed by atoms with van der Waals surface area (Å²) in [5.41, 5.74) is 0. The summed E-state index contributed by atoms with van der Waals surface area (Å²) in [5.74, 6) is 0. The van der Waals surface area contributed by atoms with Crippen molar-refractivity contribution in [1.29, 1.82) is 0 Å². The highest BCUT2D eigenvalue weighted by molar-refractivity contribution is 4.78. The fourth-order valence-corrected chi connectivity index (χ4v) is 1.72. The van der Waals surface area contributed by atoms with Crippen LogP contribution < -0.4 is 5.32 Å². The lowest BCUT2D eigenvalue weighted by molar-refractivity contribution is 0.0945. The Morgan fingerprint density at radius 2 is 2.20 bits per heavy atom. The molecule has 1 fully saturated rings. The van der Waals surface area contributed by atoms with E-state index in [0.29, 0.717) is 12.1 Å². The average Bonchev–Trinajstić information content (AvgIpc) is 2.63. The van der Waals surface area contributed by atoms with Gasteiger partial charge in [-0.1, -0.05) is 0 Å². The Kier molecular flexibility index (Phi) is 6.92. The second-order valence-electron chi connectivity index (χ2n) is 3.88. The maximum absolute atomic E-state index is 5.46. The fourth-order valence-electron chi connectivity index (χ4n) is 1.72. The highest BCUT2D eigenvalue weighted by Gasteiger charge is 2.22. The summed E-state index contributed by atoms with van der Waals surface area (Å²) >= 11 is 0. The molecule has 4 nitrogen and oxygen atoms in total. The minimum atomic E-state index is 0.346. The SMILES string of the molecule is COCCCOCCNC1CCOC1C. The van der Waals surface area contributed by atoms with E-state index in [0.717, 1.165) is 45.8 Å². The molecule has 2 unspecified atom stereocenters. The van der Waals surface area contributed by atoms with Crippen molar-refractivity contribution in [3.05, 3.63) is 0 Å². The van der Waals surface area contributed by atoms with E-state index in [1.54, 1.807) is 7.11 Å². The molecule has 0 aliphatic carbocycles. The third-order valence-electron chi connectivity index (χ3n) is 2.67.